The molecule has 7 nitrogen and oxygen atoms in total. The van der Waals surface area contributed by atoms with Crippen molar-refractivity contribution in [3.63, 3.8) is 0 Å². The number of fused-ring (bicyclic) bond motifs is 1. The van der Waals surface area contributed by atoms with Gasteiger partial charge in [0.1, 0.15) is 12.4 Å². The lowest BCUT2D eigenvalue weighted by Crippen LogP contribution is -2.39. The van der Waals surface area contributed by atoms with E-state index in [4.69, 9.17) is 0 Å². The average molecular weight is 429 g/mol. The van der Waals surface area contributed by atoms with E-state index in [1.54, 1.807) is 38.2 Å². The van der Waals surface area contributed by atoms with E-state index in [-0.39, 0.29) is 43.7 Å². The number of nitrogens with one attached hydrogen (secondary N) is 3. The number of amides is 3. The summed E-state index contributed by atoms with van der Waals surface area (Å²) in [7, 11) is 1.76. The zero-order valence-corrected chi connectivity index (χ0v) is 18.3. The predicted octanol–water partition coefficient (Wildman–Crippen LogP) is 3.51. The highest BCUT2D eigenvalue weighted by Gasteiger charge is 2.30. The van der Waals surface area contributed by atoms with Gasteiger partial charge in [0, 0.05) is 54.6 Å². The molecule has 3 amide bonds. The highest BCUT2D eigenvalue weighted by Crippen LogP contribution is 2.29. The van der Waals surface area contributed by atoms with Crippen molar-refractivity contribution >= 4 is 29.1 Å². The summed E-state index contributed by atoms with van der Waals surface area (Å²) in [5.74, 6) is -1.49. The Morgan fingerprint density at radius 3 is 2.55 bits per heavy atom. The second-order valence-electron chi connectivity index (χ2n) is 6.73. The van der Waals surface area contributed by atoms with Crippen LogP contribution in [0.25, 0.3) is 0 Å². The summed E-state index contributed by atoms with van der Waals surface area (Å²) in [6.45, 7) is 5.94. The smallest absolute Gasteiger partial charge is 0.255 e. The molecule has 0 bridgehead atoms. The Hall–Kier alpha value is -3.42. The summed E-state index contributed by atoms with van der Waals surface area (Å²) in [5, 5.41) is 8.41. The molecule has 166 valence electrons. The first-order valence-electron chi connectivity index (χ1n) is 10.4. The minimum atomic E-state index is -0.515. The lowest BCUT2D eigenvalue weighted by Gasteiger charge is -2.15. The van der Waals surface area contributed by atoms with Crippen molar-refractivity contribution in [2.24, 2.45) is 0 Å². The number of anilines is 2. The van der Waals surface area contributed by atoms with Crippen molar-refractivity contribution in [1.29, 1.82) is 0 Å². The molecule has 0 saturated carbocycles. The van der Waals surface area contributed by atoms with Gasteiger partial charge >= 0.3 is 0 Å². The molecule has 1 aliphatic heterocycles. The number of halogens is 1. The van der Waals surface area contributed by atoms with Crippen LogP contribution >= 0.6 is 0 Å². The first-order chi connectivity index (χ1) is 14.9. The normalized spacial score (nSPS) is 11.9. The van der Waals surface area contributed by atoms with E-state index >= 15 is 0 Å². The van der Waals surface area contributed by atoms with E-state index in [1.165, 1.54) is 11.0 Å². The van der Waals surface area contributed by atoms with Crippen LogP contribution in [0.15, 0.2) is 36.4 Å². The number of rotatable bonds is 7. The molecule has 2 aromatic rings. The van der Waals surface area contributed by atoms with Crippen molar-refractivity contribution in [3.05, 3.63) is 58.9 Å². The molecule has 0 saturated heterocycles. The second-order valence-corrected chi connectivity index (χ2v) is 6.73. The summed E-state index contributed by atoms with van der Waals surface area (Å²) in [6.07, 6.45) is 0.194. The minimum Gasteiger partial charge on any atom is -0.388 e. The van der Waals surface area contributed by atoms with E-state index in [2.05, 4.69) is 16.0 Å². The van der Waals surface area contributed by atoms with Crippen molar-refractivity contribution in [2.75, 3.05) is 24.2 Å². The van der Waals surface area contributed by atoms with Gasteiger partial charge in [0.15, 0.2) is 0 Å². The van der Waals surface area contributed by atoms with E-state index in [0.717, 1.165) is 11.3 Å². The molecule has 0 atom stereocenters. The maximum absolute atomic E-state index is 14.1. The van der Waals surface area contributed by atoms with Crippen molar-refractivity contribution in [3.8, 4) is 0 Å². The number of carbonyl (C=O) groups excluding carboxylic acids is 3. The zero-order valence-electron chi connectivity index (χ0n) is 18.3. The fourth-order valence-corrected chi connectivity index (χ4v) is 3.20. The van der Waals surface area contributed by atoms with E-state index < -0.39 is 5.91 Å². The summed E-state index contributed by atoms with van der Waals surface area (Å²) in [5.41, 5.74) is 3.24. The van der Waals surface area contributed by atoms with E-state index in [1.807, 2.05) is 19.9 Å². The molecule has 0 aliphatic carbocycles. The van der Waals surface area contributed by atoms with Gasteiger partial charge in [-0.1, -0.05) is 26.8 Å². The third kappa shape index (κ3) is 5.81. The highest BCUT2D eigenvalue weighted by atomic mass is 19.1. The van der Waals surface area contributed by atoms with Crippen LogP contribution < -0.4 is 16.0 Å². The van der Waals surface area contributed by atoms with Crippen LogP contribution in [0, 0.1) is 5.82 Å². The van der Waals surface area contributed by atoms with Crippen LogP contribution in [0.5, 0.6) is 0 Å². The first-order valence-corrected chi connectivity index (χ1v) is 10.4. The molecule has 0 unspecified atom stereocenters. The maximum Gasteiger partial charge on any atom is 0.255 e. The third-order valence-corrected chi connectivity index (χ3v) is 4.78. The van der Waals surface area contributed by atoms with Crippen LogP contribution in [0.1, 0.15) is 48.7 Å². The molecule has 0 fully saturated rings. The highest BCUT2D eigenvalue weighted by molar-refractivity contribution is 6.03. The van der Waals surface area contributed by atoms with Crippen LogP contribution in [0.3, 0.4) is 0 Å². The minimum absolute atomic E-state index is 0.194. The molecule has 31 heavy (non-hydrogen) atoms. The lowest BCUT2D eigenvalue weighted by atomic mass is 10.1. The molecule has 0 radical (unpaired) electrons. The molecular formula is C23H29FN4O3. The fraction of sp³-hybridized carbons (Fsp3) is 0.348. The van der Waals surface area contributed by atoms with Crippen LogP contribution in [-0.2, 0) is 22.7 Å². The number of nitrogens with zero attached hydrogens (tertiary/aromatic N) is 1. The Balaban J connectivity index is 0.00000166. The number of hydrogen-bond acceptors (Lipinski definition) is 5. The number of benzene rings is 2. The molecule has 2 aromatic carbocycles. The summed E-state index contributed by atoms with van der Waals surface area (Å²) < 4.78 is 14.1. The average Bonchev–Trinajstić information content (AvgIpc) is 3.10. The topological polar surface area (TPSA) is 90.5 Å². The Morgan fingerprint density at radius 2 is 1.87 bits per heavy atom. The Labute approximate surface area is 182 Å². The molecule has 0 aromatic heterocycles. The van der Waals surface area contributed by atoms with Gasteiger partial charge < -0.3 is 15.5 Å². The molecule has 0 spiro atoms. The van der Waals surface area contributed by atoms with Gasteiger partial charge in [0.25, 0.3) is 5.91 Å². The monoisotopic (exact) mass is 428 g/mol. The third-order valence-electron chi connectivity index (χ3n) is 4.78. The standard InChI is InChI=1S/C21H23FN4O3.C2H6/c1-3-19(27)25-20(28)12-26-11-16-15(21(26)29)5-4-6-18(16)24-10-13-9-14(23-2)7-8-17(13)22;1-2/h4-9,23-24H,3,10-12H2,1-2H3,(H,25,27,28);1-2H3. The van der Waals surface area contributed by atoms with Gasteiger partial charge in [0.2, 0.25) is 11.8 Å². The lowest BCUT2D eigenvalue weighted by molar-refractivity contribution is -0.130. The first kappa shape index (κ1) is 23.9. The van der Waals surface area contributed by atoms with Crippen LogP contribution in [-0.4, -0.2) is 36.2 Å². The number of hydrogen-bond donors (Lipinski definition) is 3. The predicted molar refractivity (Wildman–Crippen MR) is 119 cm³/mol. The quantitative estimate of drug-likeness (QED) is 0.628. The van der Waals surface area contributed by atoms with Crippen molar-refractivity contribution in [2.45, 2.75) is 40.3 Å². The summed E-state index contributed by atoms with van der Waals surface area (Å²) in [6, 6.07) is 10.0. The Kier molecular flexibility index (Phi) is 8.54. The second kappa shape index (κ2) is 11.1. The number of carbonyl (C=O) groups is 3. The number of imide groups is 1. The van der Waals surface area contributed by atoms with E-state index in [0.29, 0.717) is 16.8 Å². The SMILES string of the molecule is CC.CCC(=O)NC(=O)CN1Cc2c(NCc3cc(NC)ccc3F)cccc2C1=O. The molecule has 3 N–H and O–H groups in total. The van der Waals surface area contributed by atoms with Gasteiger partial charge in [-0.15, -0.1) is 0 Å². The molecule has 8 heteroatoms. The van der Waals surface area contributed by atoms with E-state index in [9.17, 15) is 18.8 Å². The molecule has 3 rings (SSSR count). The summed E-state index contributed by atoms with van der Waals surface area (Å²) in [4.78, 5) is 37.3. The molecular weight excluding hydrogens is 399 g/mol. The largest absolute Gasteiger partial charge is 0.388 e. The Bertz CT molecular complexity index is 962. The van der Waals surface area contributed by atoms with Gasteiger partial charge in [-0.2, -0.15) is 0 Å². The van der Waals surface area contributed by atoms with Crippen LogP contribution in [0.4, 0.5) is 15.8 Å². The van der Waals surface area contributed by atoms with Crippen molar-refractivity contribution < 1.29 is 18.8 Å². The van der Waals surface area contributed by atoms with Crippen LogP contribution in [0.2, 0.25) is 0 Å². The molecule has 1 heterocycles. The van der Waals surface area contributed by atoms with Gasteiger partial charge in [-0.25, -0.2) is 4.39 Å². The van der Waals surface area contributed by atoms with Gasteiger partial charge in [-0.05, 0) is 30.3 Å². The summed E-state index contributed by atoms with van der Waals surface area (Å²) >= 11 is 0. The van der Waals surface area contributed by atoms with Gasteiger partial charge in [-0.3, -0.25) is 19.7 Å². The maximum atomic E-state index is 14.1. The zero-order chi connectivity index (χ0) is 23.0. The Morgan fingerprint density at radius 1 is 1.13 bits per heavy atom. The van der Waals surface area contributed by atoms with Gasteiger partial charge in [0.05, 0.1) is 0 Å². The fourth-order valence-electron chi connectivity index (χ4n) is 3.20. The van der Waals surface area contributed by atoms with Crippen molar-refractivity contribution in [1.82, 2.24) is 10.2 Å². The molecule has 1 aliphatic rings.